The third-order valence-corrected chi connectivity index (χ3v) is 6.91. The molecule has 2 aromatic heterocycles. The van der Waals surface area contributed by atoms with Gasteiger partial charge in [0.1, 0.15) is 10.8 Å². The fourth-order valence-electron chi connectivity index (χ4n) is 4.00. The molecule has 2 aromatic carbocycles. The van der Waals surface area contributed by atoms with E-state index in [0.717, 1.165) is 45.4 Å². The summed E-state index contributed by atoms with van der Waals surface area (Å²) in [5.41, 5.74) is 3.34. The average Bonchev–Trinajstić information content (AvgIpc) is 3.50. The second-order valence-electron chi connectivity index (χ2n) is 8.76. The van der Waals surface area contributed by atoms with Crippen LogP contribution in [0.1, 0.15) is 49.4 Å². The van der Waals surface area contributed by atoms with Crippen LogP contribution in [-0.4, -0.2) is 50.5 Å². The lowest BCUT2D eigenvalue weighted by Gasteiger charge is -2.22. The van der Waals surface area contributed by atoms with Crippen LogP contribution in [0.5, 0.6) is 5.75 Å². The van der Waals surface area contributed by atoms with Crippen LogP contribution in [0.3, 0.4) is 0 Å². The number of carbonyl (C=O) groups excluding carboxylic acids is 1. The summed E-state index contributed by atoms with van der Waals surface area (Å²) in [6.07, 6.45) is 3.33. The first-order chi connectivity index (χ1) is 18.6. The molecule has 0 aliphatic heterocycles. The summed E-state index contributed by atoms with van der Waals surface area (Å²) in [6, 6.07) is 15.5. The first-order valence-corrected chi connectivity index (χ1v) is 13.2. The molecule has 0 saturated heterocycles. The standard InChI is InChI=1S/C25H25N3O3S.C2HF3O2/c1-2-30-24(29)19-10-8-17(9-11-19)22-16-28-25(26-22)32-23(27-28)18-12-14-21(15-13-18)31-20-6-4-3-5-7-20;3-2(4,5)1(6)7/h8-16,20H,2-7H2,1H3;(H,6,7). The second kappa shape index (κ2) is 12.3. The molecular weight excluding hydrogens is 535 g/mol. The molecule has 5 rings (SSSR count). The Morgan fingerprint density at radius 3 is 2.21 bits per heavy atom. The molecule has 1 aliphatic rings. The highest BCUT2D eigenvalue weighted by molar-refractivity contribution is 7.19. The maximum absolute atomic E-state index is 11.8. The molecule has 0 bridgehead atoms. The van der Waals surface area contributed by atoms with E-state index in [9.17, 15) is 18.0 Å². The van der Waals surface area contributed by atoms with Crippen molar-refractivity contribution >= 4 is 28.2 Å². The van der Waals surface area contributed by atoms with E-state index in [-0.39, 0.29) is 5.97 Å². The molecule has 0 spiro atoms. The summed E-state index contributed by atoms with van der Waals surface area (Å²) in [4.78, 5) is 26.3. The fourth-order valence-corrected chi connectivity index (χ4v) is 4.89. The van der Waals surface area contributed by atoms with Gasteiger partial charge >= 0.3 is 18.1 Å². The molecule has 1 saturated carbocycles. The zero-order chi connectivity index (χ0) is 28.0. The molecular formula is C27H26F3N3O5S. The Morgan fingerprint density at radius 1 is 1.03 bits per heavy atom. The fraction of sp³-hybridized carbons (Fsp3) is 0.333. The zero-order valence-electron chi connectivity index (χ0n) is 21.0. The van der Waals surface area contributed by atoms with Gasteiger partial charge in [-0.1, -0.05) is 29.9 Å². The van der Waals surface area contributed by atoms with Crippen molar-refractivity contribution in [2.24, 2.45) is 0 Å². The molecule has 8 nitrogen and oxygen atoms in total. The molecule has 12 heteroatoms. The lowest BCUT2D eigenvalue weighted by Crippen LogP contribution is -2.21. The number of hydrogen-bond acceptors (Lipinski definition) is 7. The maximum atomic E-state index is 11.8. The molecule has 0 amide bonds. The molecule has 1 N–H and O–H groups in total. The number of aromatic nitrogens is 3. The van der Waals surface area contributed by atoms with Crippen LogP contribution in [0.15, 0.2) is 54.7 Å². The number of carbonyl (C=O) groups is 2. The van der Waals surface area contributed by atoms with Crippen LogP contribution in [0.2, 0.25) is 0 Å². The number of esters is 1. The Kier molecular flexibility index (Phi) is 8.85. The minimum Gasteiger partial charge on any atom is -0.490 e. The van der Waals surface area contributed by atoms with Crippen molar-refractivity contribution in [1.82, 2.24) is 14.6 Å². The van der Waals surface area contributed by atoms with Crippen LogP contribution in [-0.2, 0) is 9.53 Å². The van der Waals surface area contributed by atoms with E-state index < -0.39 is 12.1 Å². The Labute approximate surface area is 226 Å². The summed E-state index contributed by atoms with van der Waals surface area (Å²) in [5, 5.41) is 12.7. The number of halogens is 3. The molecule has 1 aliphatic carbocycles. The van der Waals surface area contributed by atoms with Gasteiger partial charge in [0.2, 0.25) is 4.96 Å². The number of fused-ring (bicyclic) bond motifs is 1. The summed E-state index contributed by atoms with van der Waals surface area (Å²) in [7, 11) is 0. The molecule has 2 heterocycles. The topological polar surface area (TPSA) is 103 Å². The molecule has 0 unspecified atom stereocenters. The summed E-state index contributed by atoms with van der Waals surface area (Å²) in [6.45, 7) is 2.16. The van der Waals surface area contributed by atoms with Crippen LogP contribution in [0.25, 0.3) is 26.8 Å². The molecule has 206 valence electrons. The highest BCUT2D eigenvalue weighted by Crippen LogP contribution is 2.30. The van der Waals surface area contributed by atoms with Gasteiger partial charge in [0.15, 0.2) is 0 Å². The van der Waals surface area contributed by atoms with Gasteiger partial charge in [-0.3, -0.25) is 0 Å². The third-order valence-electron chi connectivity index (χ3n) is 5.93. The molecule has 0 atom stereocenters. The normalized spacial score (nSPS) is 13.9. The first kappa shape index (κ1) is 28.1. The van der Waals surface area contributed by atoms with Crippen LogP contribution in [0.4, 0.5) is 13.2 Å². The van der Waals surface area contributed by atoms with Gasteiger partial charge in [-0.05, 0) is 69.0 Å². The minimum atomic E-state index is -5.08. The van der Waals surface area contributed by atoms with Crippen molar-refractivity contribution in [3.05, 3.63) is 60.3 Å². The van der Waals surface area contributed by atoms with Gasteiger partial charge in [-0.2, -0.15) is 18.3 Å². The van der Waals surface area contributed by atoms with Crippen molar-refractivity contribution < 1.29 is 37.3 Å². The van der Waals surface area contributed by atoms with Crippen molar-refractivity contribution in [2.45, 2.75) is 51.3 Å². The van der Waals surface area contributed by atoms with Crippen molar-refractivity contribution in [2.75, 3.05) is 6.61 Å². The molecule has 39 heavy (non-hydrogen) atoms. The first-order valence-electron chi connectivity index (χ1n) is 12.3. The van der Waals surface area contributed by atoms with Gasteiger partial charge in [0.05, 0.1) is 30.2 Å². The molecule has 0 radical (unpaired) electrons. The summed E-state index contributed by atoms with van der Waals surface area (Å²) >= 11 is 1.55. The molecule has 1 fully saturated rings. The zero-order valence-corrected chi connectivity index (χ0v) is 21.8. The predicted octanol–water partition coefficient (Wildman–Crippen LogP) is 6.65. The Morgan fingerprint density at radius 2 is 1.64 bits per heavy atom. The Hall–Kier alpha value is -3.93. The summed E-state index contributed by atoms with van der Waals surface area (Å²) in [5.74, 6) is -2.14. The number of imidazole rings is 1. The van der Waals surface area contributed by atoms with E-state index in [1.165, 1.54) is 19.3 Å². The number of carboxylic acids is 1. The van der Waals surface area contributed by atoms with E-state index in [2.05, 4.69) is 12.1 Å². The van der Waals surface area contributed by atoms with Crippen molar-refractivity contribution in [3.8, 4) is 27.6 Å². The van der Waals surface area contributed by atoms with Gasteiger partial charge in [0, 0.05) is 11.1 Å². The largest absolute Gasteiger partial charge is 0.490 e. The van der Waals surface area contributed by atoms with Gasteiger partial charge in [0.25, 0.3) is 0 Å². The number of nitrogens with zero attached hydrogens (tertiary/aromatic N) is 3. The van der Waals surface area contributed by atoms with Gasteiger partial charge < -0.3 is 14.6 Å². The third kappa shape index (κ3) is 7.34. The van der Waals surface area contributed by atoms with E-state index in [1.54, 1.807) is 34.9 Å². The molecule has 4 aromatic rings. The Balaban J connectivity index is 0.000000448. The second-order valence-corrected chi connectivity index (χ2v) is 9.72. The lowest BCUT2D eigenvalue weighted by atomic mass is 9.98. The smallest absolute Gasteiger partial charge is 0.490 e. The quantitative estimate of drug-likeness (QED) is 0.263. The van der Waals surface area contributed by atoms with Crippen LogP contribution >= 0.6 is 11.3 Å². The van der Waals surface area contributed by atoms with E-state index in [1.807, 2.05) is 30.5 Å². The van der Waals surface area contributed by atoms with Gasteiger partial charge in [-0.25, -0.2) is 19.1 Å². The number of aliphatic carboxylic acids is 1. The number of alkyl halides is 3. The number of hydrogen-bond donors (Lipinski definition) is 1. The number of benzene rings is 2. The average molecular weight is 562 g/mol. The van der Waals surface area contributed by atoms with E-state index in [4.69, 9.17) is 29.5 Å². The van der Waals surface area contributed by atoms with Gasteiger partial charge in [-0.15, -0.1) is 0 Å². The van der Waals surface area contributed by atoms with Crippen molar-refractivity contribution in [3.63, 3.8) is 0 Å². The number of carboxylic acid groups (broad SMARTS) is 1. The number of ether oxygens (including phenoxy) is 2. The van der Waals surface area contributed by atoms with Crippen molar-refractivity contribution in [1.29, 1.82) is 0 Å². The number of rotatable bonds is 6. The van der Waals surface area contributed by atoms with Crippen LogP contribution < -0.4 is 4.74 Å². The van der Waals surface area contributed by atoms with E-state index in [0.29, 0.717) is 18.3 Å². The highest BCUT2D eigenvalue weighted by Gasteiger charge is 2.38. The predicted molar refractivity (Wildman–Crippen MR) is 139 cm³/mol. The summed E-state index contributed by atoms with van der Waals surface area (Å²) < 4.78 is 44.7. The Bertz CT molecular complexity index is 1380. The highest BCUT2D eigenvalue weighted by atomic mass is 32.1. The lowest BCUT2D eigenvalue weighted by molar-refractivity contribution is -0.192. The minimum absolute atomic E-state index is 0.314. The van der Waals surface area contributed by atoms with E-state index >= 15 is 0 Å². The monoisotopic (exact) mass is 561 g/mol. The van der Waals surface area contributed by atoms with Crippen LogP contribution in [0, 0.1) is 0 Å². The maximum Gasteiger partial charge on any atom is 0.490 e. The SMILES string of the molecule is CCOC(=O)c1ccc(-c2cn3nc(-c4ccc(OC5CCCCC5)cc4)sc3n2)cc1.O=C(O)C(F)(F)F.